The predicted molar refractivity (Wildman–Crippen MR) is 123 cm³/mol. The molecule has 1 aliphatic rings. The second-order valence-corrected chi connectivity index (χ2v) is 8.26. The number of methoxy groups -OCH3 is 1. The third-order valence-corrected chi connectivity index (χ3v) is 6.27. The zero-order valence-corrected chi connectivity index (χ0v) is 18.7. The third kappa shape index (κ3) is 4.83. The number of benzene rings is 2. The minimum absolute atomic E-state index is 0.243. The van der Waals surface area contributed by atoms with Crippen LogP contribution >= 0.6 is 0 Å². The molecule has 1 aliphatic heterocycles. The average molecular weight is 435 g/mol. The van der Waals surface area contributed by atoms with Crippen LogP contribution in [-0.4, -0.2) is 52.6 Å². The Bertz CT molecular complexity index is 1090. The summed E-state index contributed by atoms with van der Waals surface area (Å²) < 4.78 is 6.85. The van der Waals surface area contributed by atoms with Crippen molar-refractivity contribution in [2.45, 2.75) is 38.3 Å². The van der Waals surface area contributed by atoms with E-state index in [1.807, 2.05) is 42.3 Å². The number of amides is 1. The number of para-hydroxylation sites is 2. The highest BCUT2D eigenvalue weighted by Crippen LogP contribution is 2.22. The quantitative estimate of drug-likeness (QED) is 0.414. The highest BCUT2D eigenvalue weighted by Gasteiger charge is 2.30. The van der Waals surface area contributed by atoms with E-state index in [0.29, 0.717) is 18.5 Å². The molecular formula is C25H30N4O3. The van der Waals surface area contributed by atoms with E-state index in [1.54, 1.807) is 12.1 Å². The molecule has 0 spiro atoms. The van der Waals surface area contributed by atoms with Crippen molar-refractivity contribution < 1.29 is 14.3 Å². The normalized spacial score (nSPS) is 16.1. The lowest BCUT2D eigenvalue weighted by atomic mass is 10.1. The number of rotatable bonds is 9. The maximum absolute atomic E-state index is 12.5. The van der Waals surface area contributed by atoms with Crippen LogP contribution in [0.4, 0.5) is 0 Å². The van der Waals surface area contributed by atoms with Gasteiger partial charge >= 0.3 is 5.97 Å². The summed E-state index contributed by atoms with van der Waals surface area (Å²) in [6.45, 7) is 2.26. The molecule has 1 atom stereocenters. The number of fused-ring (bicyclic) bond motifs is 1. The molecule has 1 N–H and O–H groups in total. The molecule has 0 saturated carbocycles. The highest BCUT2D eigenvalue weighted by molar-refractivity contribution is 5.89. The minimum atomic E-state index is -0.325. The Balaban J connectivity index is 1.26. The van der Waals surface area contributed by atoms with Crippen molar-refractivity contribution in [3.63, 3.8) is 0 Å². The van der Waals surface area contributed by atoms with Gasteiger partial charge in [0, 0.05) is 39.0 Å². The average Bonchev–Trinajstić information content (AvgIpc) is 3.34. The summed E-state index contributed by atoms with van der Waals surface area (Å²) in [5, 5.41) is 3.46. The first kappa shape index (κ1) is 22.0. The van der Waals surface area contributed by atoms with Crippen LogP contribution in [0.15, 0.2) is 48.5 Å². The molecule has 2 aromatic carbocycles. The number of aromatic nitrogens is 2. The van der Waals surface area contributed by atoms with Crippen LogP contribution in [0.1, 0.15) is 41.0 Å². The van der Waals surface area contributed by atoms with Crippen LogP contribution in [-0.2, 0) is 29.5 Å². The first-order chi connectivity index (χ1) is 15.6. The van der Waals surface area contributed by atoms with Gasteiger partial charge in [-0.25, -0.2) is 9.78 Å². The Morgan fingerprint density at radius 2 is 1.97 bits per heavy atom. The van der Waals surface area contributed by atoms with Gasteiger partial charge in [0.1, 0.15) is 5.82 Å². The Labute approximate surface area is 188 Å². The van der Waals surface area contributed by atoms with Crippen LogP contribution in [0.5, 0.6) is 0 Å². The fraction of sp³-hybridized carbons (Fsp3) is 0.400. The van der Waals surface area contributed by atoms with E-state index in [9.17, 15) is 9.59 Å². The number of hydrogen-bond acceptors (Lipinski definition) is 5. The second kappa shape index (κ2) is 9.96. The first-order valence-electron chi connectivity index (χ1n) is 11.1. The van der Waals surface area contributed by atoms with Gasteiger partial charge in [-0.2, -0.15) is 0 Å². The van der Waals surface area contributed by atoms with Gasteiger partial charge in [-0.3, -0.25) is 4.79 Å². The number of carbonyl (C=O) groups is 2. The van der Waals surface area contributed by atoms with Gasteiger partial charge < -0.3 is 19.5 Å². The number of esters is 1. The van der Waals surface area contributed by atoms with Crippen LogP contribution in [0, 0.1) is 0 Å². The van der Waals surface area contributed by atoms with Gasteiger partial charge in [-0.1, -0.05) is 24.3 Å². The molecule has 0 bridgehead atoms. The molecular weight excluding hydrogens is 404 g/mol. The zero-order valence-electron chi connectivity index (χ0n) is 18.7. The monoisotopic (exact) mass is 434 g/mol. The molecule has 7 heteroatoms. The minimum Gasteiger partial charge on any atom is -0.465 e. The van der Waals surface area contributed by atoms with Gasteiger partial charge in [0.05, 0.1) is 23.7 Å². The Morgan fingerprint density at radius 1 is 1.19 bits per heavy atom. The zero-order chi connectivity index (χ0) is 22.5. The van der Waals surface area contributed by atoms with Gasteiger partial charge in [-0.15, -0.1) is 0 Å². The molecule has 7 nitrogen and oxygen atoms in total. The van der Waals surface area contributed by atoms with Crippen LogP contribution in [0.3, 0.4) is 0 Å². The smallest absolute Gasteiger partial charge is 0.337 e. The number of imidazole rings is 1. The molecule has 1 amide bonds. The van der Waals surface area contributed by atoms with Crippen molar-refractivity contribution in [2.75, 3.05) is 20.2 Å². The first-order valence-corrected chi connectivity index (χ1v) is 11.1. The number of carbonyl (C=O) groups excluding carboxylic acids is 2. The number of hydrogen-bond donors (Lipinski definition) is 1. The van der Waals surface area contributed by atoms with Gasteiger partial charge in [-0.05, 0) is 49.2 Å². The topological polar surface area (TPSA) is 76.5 Å². The van der Waals surface area contributed by atoms with E-state index < -0.39 is 0 Å². The van der Waals surface area contributed by atoms with Crippen LogP contribution in [0.25, 0.3) is 11.0 Å². The molecule has 0 unspecified atom stereocenters. The molecule has 3 aromatic rings. The van der Waals surface area contributed by atoms with E-state index in [4.69, 9.17) is 9.72 Å². The lowest BCUT2D eigenvalue weighted by molar-refractivity contribution is -0.129. The van der Waals surface area contributed by atoms with E-state index in [2.05, 4.69) is 16.0 Å². The molecule has 2 heterocycles. The summed E-state index contributed by atoms with van der Waals surface area (Å²) in [4.78, 5) is 30.8. The van der Waals surface area contributed by atoms with Crippen molar-refractivity contribution in [1.29, 1.82) is 0 Å². The third-order valence-electron chi connectivity index (χ3n) is 6.27. The lowest BCUT2D eigenvalue weighted by Gasteiger charge is -2.25. The standard InChI is InChI=1S/C25H30N4O3/c1-28-22-6-4-3-5-21(22)27-23(28)14-16-29-20(11-12-24(29)30)13-15-26-17-18-7-9-19(10-8-18)25(31)32-2/h3-10,20,26H,11-17H2,1-2H3/t20-/m1/s1. The molecule has 1 aromatic heterocycles. The summed E-state index contributed by atoms with van der Waals surface area (Å²) in [6, 6.07) is 15.8. The summed E-state index contributed by atoms with van der Waals surface area (Å²) >= 11 is 0. The van der Waals surface area contributed by atoms with Gasteiger partial charge in [0.15, 0.2) is 0 Å². The van der Waals surface area contributed by atoms with Crippen molar-refractivity contribution in [3.8, 4) is 0 Å². The fourth-order valence-electron chi connectivity index (χ4n) is 4.42. The van der Waals surface area contributed by atoms with Crippen molar-refractivity contribution in [3.05, 3.63) is 65.5 Å². The molecule has 32 heavy (non-hydrogen) atoms. The number of ether oxygens (including phenoxy) is 1. The van der Waals surface area contributed by atoms with E-state index in [1.165, 1.54) is 7.11 Å². The Hall–Kier alpha value is -3.19. The maximum atomic E-state index is 12.5. The van der Waals surface area contributed by atoms with Gasteiger partial charge in [0.2, 0.25) is 5.91 Å². The van der Waals surface area contributed by atoms with Crippen LogP contribution < -0.4 is 5.32 Å². The number of likely N-dealkylation sites (tertiary alicyclic amines) is 1. The number of nitrogens with zero attached hydrogens (tertiary/aromatic N) is 3. The SMILES string of the molecule is COC(=O)c1ccc(CNCC[C@H]2CCC(=O)N2CCc2nc3ccccc3n2C)cc1. The lowest BCUT2D eigenvalue weighted by Crippen LogP contribution is -2.36. The molecule has 1 fully saturated rings. The Kier molecular flexibility index (Phi) is 6.85. The van der Waals surface area contributed by atoms with Crippen molar-refractivity contribution in [2.24, 2.45) is 7.05 Å². The second-order valence-electron chi connectivity index (χ2n) is 8.26. The molecule has 4 rings (SSSR count). The number of nitrogens with one attached hydrogen (secondary N) is 1. The van der Waals surface area contributed by atoms with Gasteiger partial charge in [0.25, 0.3) is 0 Å². The Morgan fingerprint density at radius 3 is 2.72 bits per heavy atom. The summed E-state index contributed by atoms with van der Waals surface area (Å²) in [5.74, 6) is 0.930. The summed E-state index contributed by atoms with van der Waals surface area (Å²) in [5.41, 5.74) is 3.78. The van der Waals surface area contributed by atoms with Crippen molar-refractivity contribution >= 4 is 22.9 Å². The van der Waals surface area contributed by atoms with Crippen molar-refractivity contribution in [1.82, 2.24) is 19.8 Å². The number of aryl methyl sites for hydroxylation is 1. The maximum Gasteiger partial charge on any atom is 0.337 e. The van der Waals surface area contributed by atoms with E-state index >= 15 is 0 Å². The molecule has 168 valence electrons. The molecule has 0 radical (unpaired) electrons. The fourth-order valence-corrected chi connectivity index (χ4v) is 4.42. The highest BCUT2D eigenvalue weighted by atomic mass is 16.5. The molecule has 0 aliphatic carbocycles. The summed E-state index contributed by atoms with van der Waals surface area (Å²) in [7, 11) is 3.42. The van der Waals surface area contributed by atoms with Crippen LogP contribution in [0.2, 0.25) is 0 Å². The van der Waals surface area contributed by atoms with E-state index in [0.717, 1.165) is 54.8 Å². The summed E-state index contributed by atoms with van der Waals surface area (Å²) in [6.07, 6.45) is 3.22. The van der Waals surface area contributed by atoms with E-state index in [-0.39, 0.29) is 17.9 Å². The largest absolute Gasteiger partial charge is 0.465 e. The molecule has 1 saturated heterocycles. The predicted octanol–water partition coefficient (Wildman–Crippen LogP) is 3.07.